The number of fused-ring (bicyclic) bond motifs is 1. The van der Waals surface area contributed by atoms with Gasteiger partial charge in [0.05, 0.1) is 59.8 Å². The minimum absolute atomic E-state index is 0.188. The van der Waals surface area contributed by atoms with Crippen LogP contribution < -0.4 is 0 Å². The Morgan fingerprint density at radius 2 is 2.00 bits per heavy atom. The summed E-state index contributed by atoms with van der Waals surface area (Å²) >= 11 is 6.04. The van der Waals surface area contributed by atoms with Gasteiger partial charge in [-0.25, -0.2) is 4.79 Å². The molecule has 9 heteroatoms. The van der Waals surface area contributed by atoms with Gasteiger partial charge in [-0.15, -0.1) is 4.31 Å². The van der Waals surface area contributed by atoms with E-state index in [-0.39, 0.29) is 5.56 Å². The number of pyridine rings is 1. The second-order valence-electron chi connectivity index (χ2n) is 6.31. The molecule has 3 aromatic rings. The molecular weight excluding hydrogens is 432 g/mol. The van der Waals surface area contributed by atoms with Gasteiger partial charge in [-0.2, -0.15) is 0 Å². The summed E-state index contributed by atoms with van der Waals surface area (Å²) < 4.78 is 20.5. The highest BCUT2D eigenvalue weighted by Gasteiger charge is 2.30. The first-order chi connectivity index (χ1) is 14.0. The average molecular weight is 449 g/mol. The van der Waals surface area contributed by atoms with Crippen LogP contribution in [0.3, 0.4) is 0 Å². The van der Waals surface area contributed by atoms with Crippen LogP contribution in [0.25, 0.3) is 10.9 Å². The van der Waals surface area contributed by atoms with Crippen molar-refractivity contribution in [1.82, 2.24) is 9.29 Å². The lowest BCUT2D eigenvalue weighted by Crippen LogP contribution is -2.40. The fraction of sp³-hybridized carbons (Fsp3) is 0.200. The van der Waals surface area contributed by atoms with Crippen molar-refractivity contribution in [3.63, 3.8) is 0 Å². The summed E-state index contributed by atoms with van der Waals surface area (Å²) in [5.74, 6) is -1.01. The van der Waals surface area contributed by atoms with Gasteiger partial charge >= 0.3 is 5.97 Å². The molecule has 0 amide bonds. The Hall–Kier alpha value is -1.81. The number of hydrogen-bond acceptors (Lipinski definition) is 6. The normalized spacial score (nSPS) is 16.1. The number of nitrogens with zero attached hydrogens (tertiary/aromatic N) is 2. The number of ether oxygens (including phenoxy) is 1. The number of benzene rings is 2. The van der Waals surface area contributed by atoms with E-state index in [2.05, 4.69) is 4.98 Å². The van der Waals surface area contributed by atoms with E-state index in [9.17, 15) is 14.5 Å². The Morgan fingerprint density at radius 3 is 2.76 bits per heavy atom. The molecule has 1 aliphatic rings. The quantitative estimate of drug-likeness (QED) is 0.588. The number of aromatic carboxylic acids is 1. The summed E-state index contributed by atoms with van der Waals surface area (Å²) in [6.07, 6.45) is 1.60. The van der Waals surface area contributed by atoms with E-state index in [0.29, 0.717) is 51.5 Å². The van der Waals surface area contributed by atoms with Gasteiger partial charge in [0.25, 0.3) is 0 Å². The van der Waals surface area contributed by atoms with Gasteiger partial charge in [0.2, 0.25) is 4.90 Å². The third-order valence-corrected chi connectivity index (χ3v) is 7.57. The standard InChI is InChI=1S/C20H17ClN2O4S2/c21-13-5-6-16-15(11-13)19(28-17-4-2-1-3-14(17)20(24)25)18(12-22-16)29(26)23-7-9-27-10-8-23/h1-6,11-12H,7-10H2,(H,24,25). The maximum atomic E-state index is 13.3. The third kappa shape index (κ3) is 4.37. The molecule has 150 valence electrons. The van der Waals surface area contributed by atoms with Crippen molar-refractivity contribution >= 4 is 51.6 Å². The van der Waals surface area contributed by atoms with E-state index < -0.39 is 17.3 Å². The van der Waals surface area contributed by atoms with Gasteiger partial charge in [0.15, 0.2) is 0 Å². The Kier molecular flexibility index (Phi) is 6.29. The molecule has 2 aromatic carbocycles. The molecule has 0 bridgehead atoms. The van der Waals surface area contributed by atoms with E-state index in [0.717, 1.165) is 5.39 Å². The Labute approximate surface area is 180 Å². The topological polar surface area (TPSA) is 85.7 Å². The van der Waals surface area contributed by atoms with Crippen LogP contribution in [0.4, 0.5) is 0 Å². The summed E-state index contributed by atoms with van der Waals surface area (Å²) in [7, 11) is 0. The first kappa shape index (κ1) is 20.5. The van der Waals surface area contributed by atoms with E-state index >= 15 is 0 Å². The highest BCUT2D eigenvalue weighted by Crippen LogP contribution is 2.40. The molecule has 2 heterocycles. The molecule has 0 saturated carbocycles. The van der Waals surface area contributed by atoms with Crippen molar-refractivity contribution in [2.75, 3.05) is 26.3 Å². The molecular formula is C20H17ClN2O4S2. The molecule has 1 fully saturated rings. The van der Waals surface area contributed by atoms with Crippen LogP contribution in [0.15, 0.2) is 63.3 Å². The third-order valence-electron chi connectivity index (χ3n) is 4.47. The molecule has 0 radical (unpaired) electrons. The maximum absolute atomic E-state index is 13.3. The van der Waals surface area contributed by atoms with Crippen molar-refractivity contribution < 1.29 is 19.2 Å². The zero-order valence-electron chi connectivity index (χ0n) is 15.2. The lowest BCUT2D eigenvalue weighted by molar-refractivity contribution is 0.0693. The summed E-state index contributed by atoms with van der Waals surface area (Å²) in [6, 6.07) is 12.1. The van der Waals surface area contributed by atoms with Crippen molar-refractivity contribution in [3.05, 3.63) is 59.2 Å². The number of hydrogen-bond donors (Lipinski definition) is 1. The zero-order valence-corrected chi connectivity index (χ0v) is 17.6. The first-order valence-electron chi connectivity index (χ1n) is 8.87. The number of aromatic nitrogens is 1. The highest BCUT2D eigenvalue weighted by molar-refractivity contribution is 8.00. The van der Waals surface area contributed by atoms with Crippen LogP contribution in [0.2, 0.25) is 5.02 Å². The summed E-state index contributed by atoms with van der Waals surface area (Å²) in [5.41, 5.74) is 0.889. The number of carboxylic acid groups (broad SMARTS) is 1. The van der Waals surface area contributed by atoms with Crippen molar-refractivity contribution in [2.45, 2.75) is 14.7 Å². The number of carbonyl (C=O) groups is 1. The number of halogens is 1. The van der Waals surface area contributed by atoms with E-state index in [1.807, 2.05) is 4.31 Å². The molecule has 0 aliphatic carbocycles. The second-order valence-corrected chi connectivity index (χ2v) is 9.25. The number of carboxylic acids is 1. The molecule has 1 N–H and O–H groups in total. The van der Waals surface area contributed by atoms with Crippen LogP contribution in [-0.2, 0) is 16.1 Å². The average Bonchev–Trinajstić information content (AvgIpc) is 2.74. The van der Waals surface area contributed by atoms with Crippen molar-refractivity contribution in [3.8, 4) is 0 Å². The van der Waals surface area contributed by atoms with Gasteiger partial charge < -0.3 is 14.4 Å². The Bertz CT molecular complexity index is 1060. The van der Waals surface area contributed by atoms with Gasteiger partial charge in [-0.3, -0.25) is 4.98 Å². The monoisotopic (exact) mass is 448 g/mol. The van der Waals surface area contributed by atoms with E-state index in [4.69, 9.17) is 16.3 Å². The molecule has 4 rings (SSSR count). The lowest BCUT2D eigenvalue weighted by Gasteiger charge is -2.28. The first-order valence-corrected chi connectivity index (χ1v) is 11.2. The molecule has 1 aromatic heterocycles. The van der Waals surface area contributed by atoms with Gasteiger partial charge in [-0.05, 0) is 30.3 Å². The second kappa shape index (κ2) is 8.91. The Balaban J connectivity index is 1.85. The van der Waals surface area contributed by atoms with Gasteiger partial charge in [0, 0.05) is 15.3 Å². The fourth-order valence-electron chi connectivity index (χ4n) is 3.05. The highest BCUT2D eigenvalue weighted by atomic mass is 35.5. The van der Waals surface area contributed by atoms with Crippen LogP contribution >= 0.6 is 23.4 Å². The zero-order chi connectivity index (χ0) is 20.4. The van der Waals surface area contributed by atoms with Gasteiger partial charge in [0.1, 0.15) is 0 Å². The molecule has 1 aliphatic heterocycles. The fourth-order valence-corrected chi connectivity index (χ4v) is 5.79. The smallest absolute Gasteiger partial charge is 0.336 e. The lowest BCUT2D eigenvalue weighted by atomic mass is 10.2. The molecule has 29 heavy (non-hydrogen) atoms. The van der Waals surface area contributed by atoms with Gasteiger partial charge in [-0.1, -0.05) is 35.5 Å². The van der Waals surface area contributed by atoms with Crippen molar-refractivity contribution in [2.24, 2.45) is 0 Å². The summed E-state index contributed by atoms with van der Waals surface area (Å²) in [5, 5.41) is 10.8. The van der Waals surface area contributed by atoms with Crippen LogP contribution in [0, 0.1) is 0 Å². The Morgan fingerprint density at radius 1 is 1.24 bits per heavy atom. The predicted octanol–water partition coefficient (Wildman–Crippen LogP) is 4.09. The number of rotatable bonds is 5. The van der Waals surface area contributed by atoms with Crippen LogP contribution in [-0.4, -0.2) is 51.2 Å². The van der Waals surface area contributed by atoms with Crippen LogP contribution in [0.1, 0.15) is 10.4 Å². The molecule has 1 unspecified atom stereocenters. The SMILES string of the molecule is O=C(O)c1ccccc1Sc1c([S+]([O-])N2CCOCC2)cnc2ccc(Cl)cc12. The largest absolute Gasteiger partial charge is 0.593 e. The minimum atomic E-state index is -1.46. The maximum Gasteiger partial charge on any atom is 0.336 e. The minimum Gasteiger partial charge on any atom is -0.593 e. The van der Waals surface area contributed by atoms with Crippen molar-refractivity contribution in [1.29, 1.82) is 0 Å². The summed E-state index contributed by atoms with van der Waals surface area (Å²) in [4.78, 5) is 17.9. The molecule has 1 saturated heterocycles. The summed E-state index contributed by atoms with van der Waals surface area (Å²) in [6.45, 7) is 2.14. The van der Waals surface area contributed by atoms with E-state index in [1.165, 1.54) is 11.8 Å². The molecule has 6 nitrogen and oxygen atoms in total. The number of morpholine rings is 1. The molecule has 1 atom stereocenters. The van der Waals surface area contributed by atoms with E-state index in [1.54, 1.807) is 48.7 Å². The van der Waals surface area contributed by atoms with Crippen LogP contribution in [0.5, 0.6) is 0 Å². The molecule has 0 spiro atoms. The predicted molar refractivity (Wildman–Crippen MR) is 113 cm³/mol.